The van der Waals surface area contributed by atoms with Crippen molar-refractivity contribution >= 4 is 17.7 Å². The number of aromatic nitrogens is 6. The lowest BCUT2D eigenvalue weighted by atomic mass is 10.2. The second-order valence-electron chi connectivity index (χ2n) is 5.77. The molecule has 0 saturated carbocycles. The van der Waals surface area contributed by atoms with Gasteiger partial charge in [-0.25, -0.2) is 23.5 Å². The standard InChI is InChI=1S/C15H13FN8O3/c16-11-3-10(23-6-13(14(17)25)27-15(23)26)1-2-12(11)24-5-9(20-21-24)4-22-8-18-7-19-22/h1-3,5,7-8,13H,4,6H2,(H2,17,25). The van der Waals surface area contributed by atoms with Gasteiger partial charge in [-0.15, -0.1) is 5.10 Å². The highest BCUT2D eigenvalue weighted by Gasteiger charge is 2.36. The Hall–Kier alpha value is -3.83. The first-order chi connectivity index (χ1) is 13.0. The number of benzene rings is 1. The van der Waals surface area contributed by atoms with Crippen LogP contribution in [-0.4, -0.2) is 54.4 Å². The van der Waals surface area contributed by atoms with Crippen molar-refractivity contribution in [3.05, 3.63) is 48.6 Å². The second-order valence-corrected chi connectivity index (χ2v) is 5.77. The number of rotatable bonds is 5. The molecular weight excluding hydrogens is 359 g/mol. The van der Waals surface area contributed by atoms with Crippen molar-refractivity contribution in [3.8, 4) is 5.69 Å². The highest BCUT2D eigenvalue weighted by molar-refractivity contribution is 5.95. The van der Waals surface area contributed by atoms with Crippen molar-refractivity contribution in [1.29, 1.82) is 0 Å². The number of nitrogens with zero attached hydrogens (tertiary/aromatic N) is 7. The first-order valence-corrected chi connectivity index (χ1v) is 7.82. The van der Waals surface area contributed by atoms with Crippen LogP contribution in [0.3, 0.4) is 0 Å². The molecule has 3 heterocycles. The number of carbonyl (C=O) groups excluding carboxylic acids is 2. The first kappa shape index (κ1) is 16.6. The molecule has 0 aliphatic carbocycles. The highest BCUT2D eigenvalue weighted by atomic mass is 19.1. The fourth-order valence-corrected chi connectivity index (χ4v) is 2.64. The zero-order valence-corrected chi connectivity index (χ0v) is 13.8. The monoisotopic (exact) mass is 372 g/mol. The number of anilines is 1. The molecule has 1 aliphatic rings. The number of ether oxygens (including phenoxy) is 1. The Morgan fingerprint density at radius 3 is 2.93 bits per heavy atom. The minimum atomic E-state index is -1.06. The van der Waals surface area contributed by atoms with Gasteiger partial charge in [0.1, 0.15) is 24.0 Å². The SMILES string of the molecule is NC(=O)C1CN(c2ccc(-n3cc(Cn4cncn4)nn3)c(F)c2)C(=O)O1. The van der Waals surface area contributed by atoms with Gasteiger partial charge in [-0.3, -0.25) is 9.69 Å². The number of nitrogens with two attached hydrogens (primary N) is 1. The minimum absolute atomic E-state index is 0.0711. The first-order valence-electron chi connectivity index (χ1n) is 7.82. The van der Waals surface area contributed by atoms with Crippen LogP contribution < -0.4 is 10.6 Å². The number of halogens is 1. The van der Waals surface area contributed by atoms with E-state index in [2.05, 4.69) is 20.4 Å². The number of cyclic esters (lactones) is 1. The lowest BCUT2D eigenvalue weighted by Crippen LogP contribution is -2.32. The molecule has 2 amide bonds. The molecule has 0 bridgehead atoms. The van der Waals surface area contributed by atoms with Crippen LogP contribution in [0.25, 0.3) is 5.69 Å². The number of carbonyl (C=O) groups is 2. The van der Waals surface area contributed by atoms with Gasteiger partial charge in [-0.1, -0.05) is 5.21 Å². The van der Waals surface area contributed by atoms with E-state index in [-0.39, 0.29) is 17.9 Å². The molecule has 1 aliphatic heterocycles. The van der Waals surface area contributed by atoms with Crippen molar-refractivity contribution < 1.29 is 18.7 Å². The van der Waals surface area contributed by atoms with Gasteiger partial charge in [0, 0.05) is 0 Å². The summed E-state index contributed by atoms with van der Waals surface area (Å²) in [5.41, 5.74) is 6.09. The van der Waals surface area contributed by atoms with Crippen molar-refractivity contribution in [2.45, 2.75) is 12.6 Å². The van der Waals surface area contributed by atoms with Crippen molar-refractivity contribution in [3.63, 3.8) is 0 Å². The lowest BCUT2D eigenvalue weighted by molar-refractivity contribution is -0.124. The maximum atomic E-state index is 14.6. The van der Waals surface area contributed by atoms with Crippen LogP contribution in [0.4, 0.5) is 14.9 Å². The average molecular weight is 372 g/mol. The predicted molar refractivity (Wildman–Crippen MR) is 87.3 cm³/mol. The summed E-state index contributed by atoms with van der Waals surface area (Å²) in [6.45, 7) is 0.270. The van der Waals surface area contributed by atoms with Crippen LogP contribution in [0.5, 0.6) is 0 Å². The molecule has 1 aromatic carbocycles. The largest absolute Gasteiger partial charge is 0.434 e. The molecule has 1 fully saturated rings. The van der Waals surface area contributed by atoms with E-state index in [1.165, 1.54) is 29.5 Å². The van der Waals surface area contributed by atoms with Gasteiger partial charge in [0.05, 0.1) is 25.0 Å². The van der Waals surface area contributed by atoms with Crippen molar-refractivity contribution in [2.75, 3.05) is 11.4 Å². The van der Waals surface area contributed by atoms with Gasteiger partial charge >= 0.3 is 6.09 Å². The normalized spacial score (nSPS) is 16.6. The van der Waals surface area contributed by atoms with Crippen LogP contribution in [0.2, 0.25) is 0 Å². The maximum absolute atomic E-state index is 14.6. The van der Waals surface area contributed by atoms with Gasteiger partial charge in [-0.2, -0.15) is 5.10 Å². The zero-order valence-electron chi connectivity index (χ0n) is 13.8. The van der Waals surface area contributed by atoms with E-state index in [0.29, 0.717) is 12.2 Å². The van der Waals surface area contributed by atoms with E-state index in [1.54, 1.807) is 10.9 Å². The summed E-state index contributed by atoms with van der Waals surface area (Å²) in [7, 11) is 0. The van der Waals surface area contributed by atoms with Crippen molar-refractivity contribution in [2.24, 2.45) is 5.73 Å². The number of primary amides is 1. The van der Waals surface area contributed by atoms with E-state index in [1.807, 2.05) is 0 Å². The number of amides is 2. The molecule has 27 heavy (non-hydrogen) atoms. The molecule has 3 aromatic rings. The molecular formula is C15H13FN8O3. The molecule has 11 nitrogen and oxygen atoms in total. The summed E-state index contributed by atoms with van der Waals surface area (Å²) < 4.78 is 22.3. The van der Waals surface area contributed by atoms with Gasteiger partial charge in [0.15, 0.2) is 11.9 Å². The molecule has 12 heteroatoms. The molecule has 1 unspecified atom stereocenters. The maximum Gasteiger partial charge on any atom is 0.415 e. The highest BCUT2D eigenvalue weighted by Crippen LogP contribution is 2.25. The fourth-order valence-electron chi connectivity index (χ4n) is 2.64. The Labute approximate surface area is 151 Å². The number of hydrogen-bond acceptors (Lipinski definition) is 7. The molecule has 0 spiro atoms. The molecule has 4 rings (SSSR count). The van der Waals surface area contributed by atoms with Crippen LogP contribution >= 0.6 is 0 Å². The van der Waals surface area contributed by atoms with Crippen molar-refractivity contribution in [1.82, 2.24) is 29.8 Å². The third kappa shape index (κ3) is 3.19. The van der Waals surface area contributed by atoms with Gasteiger partial charge in [0.2, 0.25) is 0 Å². The van der Waals surface area contributed by atoms with E-state index >= 15 is 0 Å². The summed E-state index contributed by atoms with van der Waals surface area (Å²) in [6, 6.07) is 4.12. The third-order valence-corrected chi connectivity index (χ3v) is 3.95. The molecule has 2 N–H and O–H groups in total. The zero-order chi connectivity index (χ0) is 19.0. The molecule has 1 saturated heterocycles. The molecule has 2 aromatic heterocycles. The lowest BCUT2D eigenvalue weighted by Gasteiger charge is -2.13. The summed E-state index contributed by atoms with van der Waals surface area (Å²) in [4.78, 5) is 28.0. The van der Waals surface area contributed by atoms with Crippen LogP contribution in [-0.2, 0) is 16.1 Å². The van der Waals surface area contributed by atoms with Gasteiger partial charge in [-0.05, 0) is 18.2 Å². The Morgan fingerprint density at radius 1 is 1.41 bits per heavy atom. The Kier molecular flexibility index (Phi) is 3.99. The number of hydrogen-bond donors (Lipinski definition) is 1. The Morgan fingerprint density at radius 2 is 2.26 bits per heavy atom. The fraction of sp³-hybridized carbons (Fsp3) is 0.200. The molecule has 138 valence electrons. The van der Waals surface area contributed by atoms with Crippen LogP contribution in [0, 0.1) is 5.82 Å². The van der Waals surface area contributed by atoms with E-state index < -0.39 is 23.9 Å². The van der Waals surface area contributed by atoms with Gasteiger partial charge in [0.25, 0.3) is 5.91 Å². The average Bonchev–Trinajstić information content (AvgIpc) is 3.36. The van der Waals surface area contributed by atoms with Crippen LogP contribution in [0.15, 0.2) is 37.1 Å². The van der Waals surface area contributed by atoms with E-state index in [9.17, 15) is 14.0 Å². The summed E-state index contributed by atoms with van der Waals surface area (Å²) in [5.74, 6) is -1.38. The topological polar surface area (TPSA) is 134 Å². The van der Waals surface area contributed by atoms with E-state index in [0.717, 1.165) is 11.0 Å². The molecule has 1 atom stereocenters. The Bertz CT molecular complexity index is 1000. The Balaban J connectivity index is 1.55. The predicted octanol–water partition coefficient (Wildman–Crippen LogP) is -0.143. The minimum Gasteiger partial charge on any atom is -0.434 e. The van der Waals surface area contributed by atoms with Gasteiger partial charge < -0.3 is 10.5 Å². The van der Waals surface area contributed by atoms with Crippen LogP contribution in [0.1, 0.15) is 5.69 Å². The summed E-state index contributed by atoms with van der Waals surface area (Å²) in [6.07, 6.45) is 2.67. The summed E-state index contributed by atoms with van der Waals surface area (Å²) in [5, 5.41) is 11.8. The van der Waals surface area contributed by atoms with E-state index in [4.69, 9.17) is 10.5 Å². The molecule has 0 radical (unpaired) electrons. The third-order valence-electron chi connectivity index (χ3n) is 3.95. The second kappa shape index (κ2) is 6.48. The smallest absolute Gasteiger partial charge is 0.415 e. The quantitative estimate of drug-likeness (QED) is 0.658. The summed E-state index contributed by atoms with van der Waals surface area (Å²) >= 11 is 0.